The van der Waals surface area contributed by atoms with Crippen LogP contribution in [0.5, 0.6) is 0 Å². The molecule has 1 aliphatic heterocycles. The highest BCUT2D eigenvalue weighted by Crippen LogP contribution is 2.32. The Kier molecular flexibility index (Phi) is 3.40. The van der Waals surface area contributed by atoms with Crippen LogP contribution in [0.15, 0.2) is 12.1 Å². The van der Waals surface area contributed by atoms with Crippen LogP contribution in [0, 0.1) is 6.92 Å². The van der Waals surface area contributed by atoms with Crippen molar-refractivity contribution in [3.63, 3.8) is 0 Å². The molecule has 1 aromatic carbocycles. The van der Waals surface area contributed by atoms with E-state index < -0.39 is 0 Å². The van der Waals surface area contributed by atoms with E-state index in [9.17, 15) is 0 Å². The van der Waals surface area contributed by atoms with Crippen LogP contribution in [0.25, 0.3) is 0 Å². The average Bonchev–Trinajstić information content (AvgIpc) is 2.36. The number of benzene rings is 1. The Balaban J connectivity index is 2.24. The Morgan fingerprint density at radius 2 is 2.00 bits per heavy atom. The number of rotatable bonds is 2. The van der Waals surface area contributed by atoms with E-state index in [1.54, 1.807) is 5.01 Å². The van der Waals surface area contributed by atoms with Gasteiger partial charge in [0.25, 0.3) is 0 Å². The zero-order valence-corrected chi connectivity index (χ0v) is 10.1. The fourth-order valence-corrected chi connectivity index (χ4v) is 2.06. The minimum absolute atomic E-state index is 0.104. The monoisotopic (exact) mass is 236 g/mol. The van der Waals surface area contributed by atoms with Gasteiger partial charge in [0.05, 0.1) is 17.1 Å². The Morgan fingerprint density at radius 1 is 1.24 bits per heavy atom. The number of nitrogens with two attached hydrogens (primary N) is 3. The van der Waals surface area contributed by atoms with Gasteiger partial charge in [-0.3, -0.25) is 5.01 Å². The lowest BCUT2D eigenvalue weighted by Crippen LogP contribution is -2.45. The first kappa shape index (κ1) is 12.0. The van der Waals surface area contributed by atoms with Gasteiger partial charge in [0.2, 0.25) is 0 Å². The van der Waals surface area contributed by atoms with Gasteiger partial charge in [0, 0.05) is 6.61 Å². The summed E-state index contributed by atoms with van der Waals surface area (Å²) in [5.41, 5.74) is 14.7. The topological polar surface area (TPSA) is 90.5 Å². The van der Waals surface area contributed by atoms with E-state index >= 15 is 0 Å². The Bertz CT molecular complexity index is 402. The summed E-state index contributed by atoms with van der Waals surface area (Å²) in [4.78, 5) is 0. The summed E-state index contributed by atoms with van der Waals surface area (Å²) in [5.74, 6) is 6.06. The molecule has 0 amide bonds. The minimum atomic E-state index is -0.104. The number of nitrogens with zero attached hydrogens (tertiary/aromatic N) is 1. The molecule has 94 valence electrons. The highest BCUT2D eigenvalue weighted by atomic mass is 16.5. The molecule has 17 heavy (non-hydrogen) atoms. The lowest BCUT2D eigenvalue weighted by Gasteiger charge is -2.33. The average molecular weight is 236 g/mol. The molecule has 1 aromatic rings. The second-order valence-corrected chi connectivity index (χ2v) is 4.46. The van der Waals surface area contributed by atoms with Crippen LogP contribution in [0.1, 0.15) is 24.8 Å². The SMILES string of the molecule is Cc1ccc(N(N)C2CCCCO2)c(N)c1N. The predicted octanol–water partition coefficient (Wildman–Crippen LogP) is 1.37. The minimum Gasteiger partial charge on any atom is -0.397 e. The maximum absolute atomic E-state index is 6.06. The van der Waals surface area contributed by atoms with Crippen LogP contribution in [0.3, 0.4) is 0 Å². The van der Waals surface area contributed by atoms with Gasteiger partial charge in [-0.25, -0.2) is 5.84 Å². The van der Waals surface area contributed by atoms with Crippen molar-refractivity contribution >= 4 is 17.1 Å². The normalized spacial score (nSPS) is 20.2. The van der Waals surface area contributed by atoms with Gasteiger partial charge in [0.1, 0.15) is 6.23 Å². The predicted molar refractivity (Wildman–Crippen MR) is 70.3 cm³/mol. The standard InChI is InChI=1S/C12H20N4O/c1-8-5-6-9(12(14)11(8)13)16(15)10-4-2-3-7-17-10/h5-6,10H,2-4,7,13-15H2,1H3. The van der Waals surface area contributed by atoms with Crippen LogP contribution in [-0.2, 0) is 4.74 Å². The van der Waals surface area contributed by atoms with Crippen LogP contribution in [-0.4, -0.2) is 12.8 Å². The molecule has 1 atom stereocenters. The third-order valence-corrected chi connectivity index (χ3v) is 3.23. The molecule has 0 radical (unpaired) electrons. The molecule has 0 aromatic heterocycles. The first-order valence-corrected chi connectivity index (χ1v) is 5.91. The van der Waals surface area contributed by atoms with Gasteiger partial charge in [-0.05, 0) is 37.8 Å². The van der Waals surface area contributed by atoms with Gasteiger partial charge >= 0.3 is 0 Å². The molecule has 1 saturated heterocycles. The summed E-state index contributed by atoms with van der Waals surface area (Å²) in [6, 6.07) is 3.81. The first-order chi connectivity index (χ1) is 8.11. The Hall–Kier alpha value is -1.46. The van der Waals surface area contributed by atoms with E-state index in [0.717, 1.165) is 37.1 Å². The van der Waals surface area contributed by atoms with Gasteiger partial charge in [-0.1, -0.05) is 6.07 Å². The van der Waals surface area contributed by atoms with Crippen molar-refractivity contribution in [2.45, 2.75) is 32.4 Å². The second kappa shape index (κ2) is 4.81. The van der Waals surface area contributed by atoms with E-state index in [-0.39, 0.29) is 6.23 Å². The zero-order chi connectivity index (χ0) is 12.4. The van der Waals surface area contributed by atoms with Gasteiger partial charge in [0.15, 0.2) is 0 Å². The Morgan fingerprint density at radius 3 is 2.65 bits per heavy atom. The summed E-state index contributed by atoms with van der Waals surface area (Å²) < 4.78 is 5.62. The van der Waals surface area contributed by atoms with Crippen molar-refractivity contribution in [1.29, 1.82) is 0 Å². The molecule has 6 N–H and O–H groups in total. The molecule has 0 aliphatic carbocycles. The second-order valence-electron chi connectivity index (χ2n) is 4.46. The smallest absolute Gasteiger partial charge is 0.144 e. The van der Waals surface area contributed by atoms with E-state index in [0.29, 0.717) is 11.4 Å². The summed E-state index contributed by atoms with van der Waals surface area (Å²) in [6.07, 6.45) is 3.03. The number of nitrogen functional groups attached to an aromatic ring is 2. The number of hydrazine groups is 1. The summed E-state index contributed by atoms with van der Waals surface area (Å²) in [6.45, 7) is 2.67. The number of ether oxygens (including phenoxy) is 1. The molecule has 5 heteroatoms. The highest BCUT2D eigenvalue weighted by molar-refractivity contribution is 5.81. The molecule has 5 nitrogen and oxygen atoms in total. The van der Waals surface area contributed by atoms with Gasteiger partial charge in [-0.2, -0.15) is 0 Å². The molecule has 0 saturated carbocycles. The summed E-state index contributed by atoms with van der Waals surface area (Å²) in [5, 5.41) is 1.59. The fraction of sp³-hybridized carbons (Fsp3) is 0.500. The third-order valence-electron chi connectivity index (χ3n) is 3.23. The molecule has 1 fully saturated rings. The van der Waals surface area contributed by atoms with E-state index in [2.05, 4.69) is 0 Å². The van der Waals surface area contributed by atoms with E-state index in [4.69, 9.17) is 22.0 Å². The van der Waals surface area contributed by atoms with Crippen molar-refractivity contribution in [3.8, 4) is 0 Å². The molecule has 0 bridgehead atoms. The lowest BCUT2D eigenvalue weighted by atomic mass is 10.1. The quantitative estimate of drug-likeness (QED) is 0.410. The number of aryl methyl sites for hydroxylation is 1. The molecule has 1 aliphatic rings. The van der Waals surface area contributed by atoms with Crippen LogP contribution < -0.4 is 22.3 Å². The summed E-state index contributed by atoms with van der Waals surface area (Å²) in [7, 11) is 0. The van der Waals surface area contributed by atoms with Crippen molar-refractivity contribution in [2.75, 3.05) is 23.1 Å². The zero-order valence-electron chi connectivity index (χ0n) is 10.1. The van der Waals surface area contributed by atoms with Crippen molar-refractivity contribution in [1.82, 2.24) is 0 Å². The van der Waals surface area contributed by atoms with Crippen LogP contribution in [0.4, 0.5) is 17.1 Å². The molecular weight excluding hydrogens is 216 g/mol. The van der Waals surface area contributed by atoms with Crippen molar-refractivity contribution < 1.29 is 4.74 Å². The Labute approximate surface area is 101 Å². The molecule has 2 rings (SSSR count). The van der Waals surface area contributed by atoms with Crippen LogP contribution >= 0.6 is 0 Å². The van der Waals surface area contributed by atoms with Gasteiger partial charge in [-0.15, -0.1) is 0 Å². The molecule has 1 unspecified atom stereocenters. The van der Waals surface area contributed by atoms with Crippen LogP contribution in [0.2, 0.25) is 0 Å². The molecule has 1 heterocycles. The maximum Gasteiger partial charge on any atom is 0.144 e. The van der Waals surface area contributed by atoms with E-state index in [1.165, 1.54) is 0 Å². The number of hydrogen-bond acceptors (Lipinski definition) is 5. The largest absolute Gasteiger partial charge is 0.397 e. The van der Waals surface area contributed by atoms with E-state index in [1.807, 2.05) is 19.1 Å². The maximum atomic E-state index is 6.06. The van der Waals surface area contributed by atoms with Gasteiger partial charge < -0.3 is 16.2 Å². The molecule has 0 spiro atoms. The summed E-state index contributed by atoms with van der Waals surface area (Å²) >= 11 is 0. The number of anilines is 3. The fourth-order valence-electron chi connectivity index (χ4n) is 2.06. The van der Waals surface area contributed by atoms with Crippen molar-refractivity contribution in [2.24, 2.45) is 5.84 Å². The van der Waals surface area contributed by atoms with Crippen molar-refractivity contribution in [3.05, 3.63) is 17.7 Å². The lowest BCUT2D eigenvalue weighted by molar-refractivity contribution is 0.0142. The first-order valence-electron chi connectivity index (χ1n) is 5.91. The highest BCUT2D eigenvalue weighted by Gasteiger charge is 2.22. The molecular formula is C12H20N4O. The number of hydrogen-bond donors (Lipinski definition) is 3. The third kappa shape index (κ3) is 2.30.